The van der Waals surface area contributed by atoms with Crippen molar-refractivity contribution in [2.45, 2.75) is 0 Å². The van der Waals surface area contributed by atoms with Gasteiger partial charge in [-0.15, -0.1) is 22.7 Å². The van der Waals surface area contributed by atoms with Gasteiger partial charge in [0.05, 0.1) is 22.1 Å². The minimum absolute atomic E-state index is 1.16. The molecule has 19 rings (SSSR count). The number of rotatable bonds is 4. The van der Waals surface area contributed by atoms with Crippen LogP contribution in [0.3, 0.4) is 0 Å². The van der Waals surface area contributed by atoms with Crippen molar-refractivity contribution in [2.75, 3.05) is 0 Å². The predicted octanol–water partition coefficient (Wildman–Crippen LogP) is 21.6. The summed E-state index contributed by atoms with van der Waals surface area (Å²) in [5.41, 5.74) is 22.4. The first kappa shape index (κ1) is 41.6. The molecule has 0 unspecified atom stereocenters. The van der Waals surface area contributed by atoms with Gasteiger partial charge in [0.25, 0.3) is 0 Å². The molecule has 358 valence electrons. The molecule has 0 saturated heterocycles. The molecule has 78 heavy (non-hydrogen) atoms. The number of nitrogens with zero attached hydrogens (tertiary/aromatic N) is 2. The van der Waals surface area contributed by atoms with Crippen molar-refractivity contribution in [1.29, 1.82) is 0 Å². The Morgan fingerprint density at radius 3 is 1.27 bits per heavy atom. The summed E-state index contributed by atoms with van der Waals surface area (Å²) in [5.74, 6) is 0. The average molecular weight is 1020 g/mol. The molecule has 0 spiro atoms. The lowest BCUT2D eigenvalue weighted by Crippen LogP contribution is -1.96. The van der Waals surface area contributed by atoms with E-state index in [2.05, 4.69) is 252 Å². The lowest BCUT2D eigenvalue weighted by molar-refractivity contribution is 1.19. The first-order valence-electron chi connectivity index (χ1n) is 26.9. The Bertz CT molecular complexity index is 5550. The summed E-state index contributed by atoms with van der Waals surface area (Å²) < 4.78 is 10.5. The first-order valence-corrected chi connectivity index (χ1v) is 28.5. The monoisotopic (exact) mass is 1020 g/mol. The summed E-state index contributed by atoms with van der Waals surface area (Å²) in [7, 11) is 0. The van der Waals surface area contributed by atoms with Crippen LogP contribution in [0, 0.1) is 0 Å². The second-order valence-electron chi connectivity index (χ2n) is 21.3. The number of aromatic nitrogens is 2. The molecule has 4 heterocycles. The van der Waals surface area contributed by atoms with Crippen molar-refractivity contribution in [3.63, 3.8) is 0 Å². The van der Waals surface area contributed by atoms with Crippen molar-refractivity contribution in [2.24, 2.45) is 0 Å². The largest absolute Gasteiger partial charge is 0.309 e. The van der Waals surface area contributed by atoms with Crippen LogP contribution >= 0.6 is 22.7 Å². The van der Waals surface area contributed by atoms with Crippen LogP contribution in [0.2, 0.25) is 0 Å². The maximum Gasteiger partial charge on any atom is 0.0641 e. The Labute approximate surface area is 455 Å². The molecule has 0 aliphatic heterocycles. The fourth-order valence-corrected chi connectivity index (χ4v) is 16.9. The van der Waals surface area contributed by atoms with Gasteiger partial charge in [-0.3, -0.25) is 0 Å². The normalized spacial score (nSPS) is 12.6. The Morgan fingerprint density at radius 2 is 0.654 bits per heavy atom. The van der Waals surface area contributed by atoms with Gasteiger partial charge in [-0.05, 0) is 121 Å². The van der Waals surface area contributed by atoms with Gasteiger partial charge in [0.1, 0.15) is 0 Å². The third-order valence-electron chi connectivity index (χ3n) is 17.5. The van der Waals surface area contributed by atoms with E-state index in [1.165, 1.54) is 178 Å². The van der Waals surface area contributed by atoms with Crippen molar-refractivity contribution < 1.29 is 0 Å². The zero-order valence-corrected chi connectivity index (χ0v) is 43.4. The molecule has 17 aromatic rings. The van der Waals surface area contributed by atoms with Crippen LogP contribution in [0.25, 0.3) is 184 Å². The van der Waals surface area contributed by atoms with E-state index in [0.717, 1.165) is 5.69 Å². The van der Waals surface area contributed by atoms with Crippen LogP contribution in [0.5, 0.6) is 0 Å². The topological polar surface area (TPSA) is 9.86 Å². The minimum Gasteiger partial charge on any atom is -0.309 e. The maximum atomic E-state index is 2.58. The van der Waals surface area contributed by atoms with E-state index < -0.39 is 0 Å². The highest BCUT2D eigenvalue weighted by Gasteiger charge is 2.31. The third-order valence-corrected chi connectivity index (χ3v) is 20.0. The van der Waals surface area contributed by atoms with Gasteiger partial charge in [-0.25, -0.2) is 0 Å². The second-order valence-corrected chi connectivity index (χ2v) is 23.5. The summed E-state index contributed by atoms with van der Waals surface area (Å²) >= 11 is 3.86. The van der Waals surface area contributed by atoms with Crippen LogP contribution in [-0.4, -0.2) is 9.13 Å². The first-order chi connectivity index (χ1) is 38.7. The SMILES string of the molecule is c1ccc(-c2cccc(-n3c4cccc5c4c4c6c(cccc6c6sc7ccccc7c6c43)-c3cc(-c4ccc(-n6c7cccc8c7c7c9c(cccc9c9sc%10ccccc%10c9c76)-c6ccccc6-8)cc4)ccc3-5)c2)cc1. The Kier molecular flexibility index (Phi) is 8.05. The molecule has 0 amide bonds. The number of thiophene rings is 2. The fourth-order valence-electron chi connectivity index (χ4n) is 14.4. The number of hydrogen-bond donors (Lipinski definition) is 0. The van der Waals surface area contributed by atoms with E-state index >= 15 is 0 Å². The van der Waals surface area contributed by atoms with Gasteiger partial charge < -0.3 is 9.13 Å². The van der Waals surface area contributed by atoms with E-state index in [4.69, 9.17) is 0 Å². The van der Waals surface area contributed by atoms with Crippen molar-refractivity contribution in [1.82, 2.24) is 9.13 Å². The molecule has 2 aliphatic rings. The van der Waals surface area contributed by atoms with E-state index in [9.17, 15) is 0 Å². The summed E-state index contributed by atoms with van der Waals surface area (Å²) in [6, 6.07) is 91.6. The highest BCUT2D eigenvalue weighted by Crippen LogP contribution is 2.57. The lowest BCUT2D eigenvalue weighted by atomic mass is 9.90. The second kappa shape index (κ2) is 15.1. The molecule has 0 saturated carbocycles. The van der Waals surface area contributed by atoms with Crippen LogP contribution in [0.4, 0.5) is 0 Å². The van der Waals surface area contributed by atoms with Gasteiger partial charge in [0, 0.05) is 94.8 Å². The standard InChI is InChI=1S/C74H40N2S2/c1-2-15-41(16-3-1)43-17-10-18-46(39-43)76-60-30-14-26-52-49-38-35-44(40-58(49)53-24-12-28-57-64(53)70(66(52)60)72(76)68-55-22-7-9-32-62(55)78-74(57)68)42-33-36-45(37-34-42)75-59-29-13-25-51-48-20-5-4-19-47(48)50-23-11-27-56-63(50)69(65(51)59)71(75)67-54-21-6-8-31-61(54)77-73(56)67/h1-40H. The van der Waals surface area contributed by atoms with Crippen LogP contribution in [-0.2, 0) is 0 Å². The molecule has 0 N–H and O–H groups in total. The predicted molar refractivity (Wildman–Crippen MR) is 336 cm³/mol. The van der Waals surface area contributed by atoms with Gasteiger partial charge in [-0.1, -0.05) is 188 Å². The van der Waals surface area contributed by atoms with Crippen molar-refractivity contribution in [3.05, 3.63) is 243 Å². The quantitative estimate of drug-likeness (QED) is 0.166. The molecular weight excluding hydrogens is 981 g/mol. The van der Waals surface area contributed by atoms with Crippen LogP contribution < -0.4 is 0 Å². The number of hydrogen-bond acceptors (Lipinski definition) is 2. The van der Waals surface area contributed by atoms with Crippen molar-refractivity contribution >= 4 is 128 Å². The van der Waals surface area contributed by atoms with E-state index in [0.29, 0.717) is 0 Å². The zero-order chi connectivity index (χ0) is 50.5. The van der Waals surface area contributed by atoms with Crippen LogP contribution in [0.1, 0.15) is 0 Å². The maximum absolute atomic E-state index is 2.58. The van der Waals surface area contributed by atoms with Gasteiger partial charge in [0.15, 0.2) is 0 Å². The summed E-state index contributed by atoms with van der Waals surface area (Å²) in [4.78, 5) is 0. The van der Waals surface area contributed by atoms with E-state index in [1.807, 2.05) is 22.7 Å². The van der Waals surface area contributed by atoms with Gasteiger partial charge in [0.2, 0.25) is 0 Å². The molecule has 4 aromatic heterocycles. The van der Waals surface area contributed by atoms with Crippen LogP contribution in [0.15, 0.2) is 243 Å². The smallest absolute Gasteiger partial charge is 0.0641 e. The summed E-state index contributed by atoms with van der Waals surface area (Å²) in [6.07, 6.45) is 0. The Hall–Kier alpha value is -9.58. The van der Waals surface area contributed by atoms with Gasteiger partial charge in [-0.2, -0.15) is 0 Å². The number of fused-ring (bicyclic) bond motifs is 16. The number of benzene rings is 13. The molecule has 4 heteroatoms. The molecule has 2 nitrogen and oxygen atoms in total. The van der Waals surface area contributed by atoms with E-state index in [1.54, 1.807) is 0 Å². The lowest BCUT2D eigenvalue weighted by Gasteiger charge is -2.17. The highest BCUT2D eigenvalue weighted by molar-refractivity contribution is 7.27. The zero-order valence-electron chi connectivity index (χ0n) is 41.8. The molecule has 0 bridgehead atoms. The Balaban J connectivity index is 0.847. The molecule has 0 fully saturated rings. The highest BCUT2D eigenvalue weighted by atomic mass is 32.1. The molecule has 0 atom stereocenters. The van der Waals surface area contributed by atoms with Crippen molar-refractivity contribution in [3.8, 4) is 78.1 Å². The summed E-state index contributed by atoms with van der Waals surface area (Å²) in [6.45, 7) is 0. The Morgan fingerprint density at radius 1 is 0.231 bits per heavy atom. The fraction of sp³-hybridized carbons (Fsp3) is 0. The summed E-state index contributed by atoms with van der Waals surface area (Å²) in [5, 5.41) is 15.9. The van der Waals surface area contributed by atoms with Gasteiger partial charge >= 0.3 is 0 Å². The minimum atomic E-state index is 1.16. The average Bonchev–Trinajstić information content (AvgIpc) is 3.33. The third kappa shape index (κ3) is 5.26. The molecule has 2 aliphatic carbocycles. The molecule has 0 radical (unpaired) electrons. The molecular formula is C74H40N2S2. The molecule has 13 aromatic carbocycles. The van der Waals surface area contributed by atoms with E-state index in [-0.39, 0.29) is 0 Å².